The average molecular weight is 787 g/mol. The van der Waals surface area contributed by atoms with Gasteiger partial charge in [-0.15, -0.1) is 6.58 Å². The lowest BCUT2D eigenvalue weighted by molar-refractivity contribution is -0.145. The topological polar surface area (TPSA) is 174 Å². The average Bonchev–Trinajstić information content (AvgIpc) is 4.02. The number of likely N-dealkylation sites (tertiary alicyclic amines) is 2. The van der Waals surface area contributed by atoms with Crippen molar-refractivity contribution in [2.45, 2.75) is 149 Å². The summed E-state index contributed by atoms with van der Waals surface area (Å²) in [5.74, 6) is -3.04. The van der Waals surface area contributed by atoms with Crippen LogP contribution in [0.2, 0.25) is 0 Å². The number of fused-ring (bicyclic) bond motifs is 1. The number of hydrogen-bond acceptors (Lipinski definition) is 8. The standard InChI is InChI=1S/C41H66N6O7S/c1-11-26-21-41(26,35(52)45-55(53,54)27-16-17-27)44-32(49)28-22-40(38(9,10)39(40)18-14-19-39)24-47(28)34(51)30(37(6,7)8)43-33(50)29(36(3,4)5)42-31(48)25-15-13-20-46(12-2)23-25/h11,25-30H,1,12-24H2,2-10H3,(H,42,48)(H,43,50)(H,44,49)(H,45,52)/t25-,26-,28+,29-,30-,40-,41-/m1/s1. The normalized spacial score (nSPS) is 32.2. The molecule has 0 aromatic heterocycles. The summed E-state index contributed by atoms with van der Waals surface area (Å²) < 4.78 is 27.8. The quantitative estimate of drug-likeness (QED) is 0.218. The Kier molecular flexibility index (Phi) is 10.5. The summed E-state index contributed by atoms with van der Waals surface area (Å²) in [6.45, 7) is 24.4. The molecule has 4 N–H and O–H groups in total. The summed E-state index contributed by atoms with van der Waals surface area (Å²) in [7, 11) is -3.87. The van der Waals surface area contributed by atoms with Crippen LogP contribution in [0.25, 0.3) is 0 Å². The van der Waals surface area contributed by atoms with Gasteiger partial charge in [-0.3, -0.25) is 28.7 Å². The summed E-state index contributed by atoms with van der Waals surface area (Å²) in [6, 6.07) is -2.91. The highest BCUT2D eigenvalue weighted by Crippen LogP contribution is 2.88. The second kappa shape index (κ2) is 13.8. The van der Waals surface area contributed by atoms with E-state index in [4.69, 9.17) is 0 Å². The molecule has 0 aromatic carbocycles. The van der Waals surface area contributed by atoms with Gasteiger partial charge in [-0.05, 0) is 86.1 Å². The lowest BCUT2D eigenvalue weighted by Crippen LogP contribution is -2.63. The Morgan fingerprint density at radius 1 is 0.873 bits per heavy atom. The van der Waals surface area contributed by atoms with E-state index in [9.17, 15) is 27.6 Å². The van der Waals surface area contributed by atoms with E-state index in [2.05, 4.69) is 52.9 Å². The molecule has 0 radical (unpaired) electrons. The monoisotopic (exact) mass is 786 g/mol. The van der Waals surface area contributed by atoms with Crippen molar-refractivity contribution in [1.82, 2.24) is 30.5 Å². The van der Waals surface area contributed by atoms with Crippen molar-refractivity contribution in [2.24, 2.45) is 38.9 Å². The predicted octanol–water partition coefficient (Wildman–Crippen LogP) is 3.25. The first-order valence-corrected chi connectivity index (χ1v) is 22.1. The van der Waals surface area contributed by atoms with E-state index in [1.807, 2.05) is 41.5 Å². The van der Waals surface area contributed by atoms with Crippen LogP contribution in [-0.4, -0.2) is 103 Å². The van der Waals surface area contributed by atoms with E-state index in [-0.39, 0.29) is 34.5 Å². The van der Waals surface area contributed by atoms with Crippen molar-refractivity contribution in [3.05, 3.63) is 12.7 Å². The Morgan fingerprint density at radius 3 is 2.00 bits per heavy atom. The van der Waals surface area contributed by atoms with Crippen LogP contribution in [0.15, 0.2) is 12.7 Å². The molecule has 6 rings (SSSR count). The molecular formula is C41H66N6O7S. The first-order chi connectivity index (χ1) is 25.4. The molecule has 2 aliphatic heterocycles. The molecule has 2 heterocycles. The van der Waals surface area contributed by atoms with Gasteiger partial charge in [-0.25, -0.2) is 8.42 Å². The Morgan fingerprint density at radius 2 is 1.51 bits per heavy atom. The van der Waals surface area contributed by atoms with E-state index >= 15 is 4.79 Å². The third kappa shape index (κ3) is 7.03. The number of amides is 5. The van der Waals surface area contributed by atoms with Crippen molar-refractivity contribution < 1.29 is 32.4 Å². The van der Waals surface area contributed by atoms with E-state index < -0.39 is 79.3 Å². The van der Waals surface area contributed by atoms with Crippen LogP contribution in [-0.2, 0) is 34.0 Å². The minimum atomic E-state index is -3.87. The number of carbonyl (C=O) groups excluding carboxylic acids is 5. The molecule has 4 aliphatic carbocycles. The fourth-order valence-electron chi connectivity index (χ4n) is 10.6. The first-order valence-electron chi connectivity index (χ1n) is 20.6. The zero-order valence-corrected chi connectivity index (χ0v) is 35.4. The maximum atomic E-state index is 15.1. The second-order valence-electron chi connectivity index (χ2n) is 20.4. The Balaban J connectivity index is 1.26. The lowest BCUT2D eigenvalue weighted by atomic mass is 9.73. The molecule has 0 unspecified atom stereocenters. The summed E-state index contributed by atoms with van der Waals surface area (Å²) in [4.78, 5) is 75.1. The number of nitrogens with zero attached hydrogens (tertiary/aromatic N) is 2. The van der Waals surface area contributed by atoms with Gasteiger partial charge in [0.05, 0.1) is 11.2 Å². The van der Waals surface area contributed by atoms with Gasteiger partial charge in [0, 0.05) is 24.4 Å². The first kappa shape index (κ1) is 41.6. The molecule has 4 saturated carbocycles. The minimum absolute atomic E-state index is 0.0151. The van der Waals surface area contributed by atoms with Crippen molar-refractivity contribution in [3.63, 3.8) is 0 Å². The van der Waals surface area contributed by atoms with Gasteiger partial charge in [0.15, 0.2) is 0 Å². The molecule has 55 heavy (non-hydrogen) atoms. The van der Waals surface area contributed by atoms with E-state index in [0.29, 0.717) is 32.4 Å². The van der Waals surface area contributed by atoms with Crippen molar-refractivity contribution >= 4 is 39.6 Å². The van der Waals surface area contributed by atoms with Crippen molar-refractivity contribution in [2.75, 3.05) is 26.2 Å². The number of nitrogens with one attached hydrogen (secondary N) is 4. The van der Waals surface area contributed by atoms with E-state index in [1.54, 1.807) is 11.0 Å². The number of sulfonamides is 1. The van der Waals surface area contributed by atoms with Gasteiger partial charge in [0.2, 0.25) is 33.7 Å². The summed E-state index contributed by atoms with van der Waals surface area (Å²) >= 11 is 0. The third-order valence-corrected chi connectivity index (χ3v) is 16.6. The number of piperidine rings is 1. The molecule has 2 spiro atoms. The maximum Gasteiger partial charge on any atom is 0.259 e. The number of carbonyl (C=O) groups is 5. The van der Waals surface area contributed by atoms with Crippen LogP contribution in [0, 0.1) is 38.9 Å². The third-order valence-electron chi connectivity index (χ3n) is 14.8. The molecule has 13 nitrogen and oxygen atoms in total. The minimum Gasteiger partial charge on any atom is -0.344 e. The van der Waals surface area contributed by atoms with E-state index in [1.165, 1.54) is 0 Å². The highest BCUT2D eigenvalue weighted by molar-refractivity contribution is 7.91. The van der Waals surface area contributed by atoms with Gasteiger partial charge in [0.25, 0.3) is 5.91 Å². The van der Waals surface area contributed by atoms with Gasteiger partial charge < -0.3 is 25.8 Å². The zero-order valence-electron chi connectivity index (χ0n) is 34.6. The molecular weight excluding hydrogens is 721 g/mol. The Labute approximate surface area is 328 Å². The number of hydrogen-bond donors (Lipinski definition) is 4. The molecule has 14 heteroatoms. The summed E-state index contributed by atoms with van der Waals surface area (Å²) in [5, 5.41) is 8.42. The SMILES string of the molecule is C=C[C@@H]1C[C@]1(NC(=O)[C@@H]1C[C@@]2(CN1C(=O)[C@@H](NC(=O)[C@@H](NC(=O)[C@@H]1CCCN(CC)C1)C(C)(C)C)C(C)(C)C)C(C)(C)C21CCC1)C(=O)NS(=O)(=O)C1CC1. The highest BCUT2D eigenvalue weighted by Gasteiger charge is 2.85. The molecule has 6 aliphatic rings. The van der Waals surface area contributed by atoms with Gasteiger partial charge in [-0.2, -0.15) is 0 Å². The van der Waals surface area contributed by atoms with Crippen molar-refractivity contribution in [3.8, 4) is 0 Å². The van der Waals surface area contributed by atoms with Crippen LogP contribution >= 0.6 is 0 Å². The van der Waals surface area contributed by atoms with Crippen LogP contribution < -0.4 is 20.7 Å². The van der Waals surface area contributed by atoms with Gasteiger partial charge >= 0.3 is 0 Å². The smallest absolute Gasteiger partial charge is 0.259 e. The molecule has 0 aromatic rings. The predicted molar refractivity (Wildman–Crippen MR) is 209 cm³/mol. The largest absolute Gasteiger partial charge is 0.344 e. The van der Waals surface area contributed by atoms with E-state index in [0.717, 1.165) is 45.2 Å². The zero-order chi connectivity index (χ0) is 40.7. The summed E-state index contributed by atoms with van der Waals surface area (Å²) in [5.41, 5.74) is -3.43. The fourth-order valence-corrected chi connectivity index (χ4v) is 12.0. The van der Waals surface area contributed by atoms with Gasteiger partial charge in [-0.1, -0.05) is 74.8 Å². The fraction of sp³-hybridized carbons (Fsp3) is 0.829. The Hall–Kier alpha value is -3.00. The van der Waals surface area contributed by atoms with Crippen LogP contribution in [0.4, 0.5) is 0 Å². The van der Waals surface area contributed by atoms with Crippen LogP contribution in [0.3, 0.4) is 0 Å². The second-order valence-corrected chi connectivity index (χ2v) is 22.3. The number of rotatable bonds is 12. The molecule has 2 saturated heterocycles. The molecule has 0 bridgehead atoms. The molecule has 6 fully saturated rings. The molecule has 308 valence electrons. The van der Waals surface area contributed by atoms with Crippen LogP contribution in [0.1, 0.15) is 120 Å². The lowest BCUT2D eigenvalue weighted by Gasteiger charge is -2.39. The Bertz CT molecular complexity index is 1720. The van der Waals surface area contributed by atoms with Gasteiger partial charge in [0.1, 0.15) is 23.7 Å². The highest BCUT2D eigenvalue weighted by atomic mass is 32.2. The maximum absolute atomic E-state index is 15.1. The van der Waals surface area contributed by atoms with Crippen LogP contribution in [0.5, 0.6) is 0 Å². The molecule has 5 amide bonds. The van der Waals surface area contributed by atoms with Crippen molar-refractivity contribution in [1.29, 1.82) is 0 Å². The summed E-state index contributed by atoms with van der Waals surface area (Å²) in [6.07, 6.45) is 7.86. The molecule has 7 atom stereocenters.